The molecule has 0 spiro atoms. The van der Waals surface area contributed by atoms with Crippen LogP contribution >= 0.6 is 68.4 Å². The first-order valence-corrected chi connectivity index (χ1v) is 9.36. The molecule has 0 aromatic heterocycles. The van der Waals surface area contributed by atoms with Gasteiger partial charge in [-0.15, -0.1) is 0 Å². The number of aromatic hydroxyl groups is 1. The summed E-state index contributed by atoms with van der Waals surface area (Å²) in [5.41, 5.74) is 2.83. The second kappa shape index (κ2) is 9.07. The summed E-state index contributed by atoms with van der Waals surface area (Å²) in [4.78, 5) is 11.7. The molecule has 9 heteroatoms. The van der Waals surface area contributed by atoms with E-state index >= 15 is 0 Å². The molecule has 0 fully saturated rings. The zero-order valence-electron chi connectivity index (χ0n) is 11.9. The number of benzene rings is 2. The number of hydrogen-bond acceptors (Lipinski definition) is 4. The van der Waals surface area contributed by atoms with E-state index in [1.54, 1.807) is 18.2 Å². The number of halogens is 4. The number of nitrogens with zero attached hydrogens (tertiary/aromatic N) is 1. The number of carbonyl (C=O) groups excluding carboxylic acids is 1. The lowest BCUT2D eigenvalue weighted by Gasteiger charge is -2.07. The predicted octanol–water partition coefficient (Wildman–Crippen LogP) is 4.44. The van der Waals surface area contributed by atoms with Gasteiger partial charge < -0.3 is 9.84 Å². The fourth-order valence-corrected chi connectivity index (χ4v) is 3.98. The summed E-state index contributed by atoms with van der Waals surface area (Å²) in [7, 11) is 0. The van der Waals surface area contributed by atoms with Crippen LogP contribution in [0.4, 0.5) is 0 Å². The molecule has 24 heavy (non-hydrogen) atoms. The van der Waals surface area contributed by atoms with Crippen molar-refractivity contribution < 1.29 is 14.6 Å². The highest BCUT2D eigenvalue weighted by Crippen LogP contribution is 2.27. The highest BCUT2D eigenvalue weighted by Gasteiger charge is 2.07. The molecule has 2 rings (SSSR count). The summed E-state index contributed by atoms with van der Waals surface area (Å²) in [6, 6.07) is 8.29. The van der Waals surface area contributed by atoms with Crippen LogP contribution in [-0.4, -0.2) is 23.8 Å². The molecule has 0 aliphatic carbocycles. The van der Waals surface area contributed by atoms with Gasteiger partial charge in [-0.25, -0.2) is 5.43 Å². The van der Waals surface area contributed by atoms with Crippen LogP contribution in [0.25, 0.3) is 0 Å². The van der Waals surface area contributed by atoms with E-state index in [-0.39, 0.29) is 12.4 Å². The molecule has 5 nitrogen and oxygen atoms in total. The summed E-state index contributed by atoms with van der Waals surface area (Å²) in [5, 5.41) is 14.5. The molecule has 0 bridgehead atoms. The molecule has 0 aliphatic rings. The van der Waals surface area contributed by atoms with Crippen LogP contribution in [-0.2, 0) is 4.79 Å². The zero-order valence-corrected chi connectivity index (χ0v) is 17.7. The van der Waals surface area contributed by atoms with Crippen molar-refractivity contribution >= 4 is 80.5 Å². The summed E-state index contributed by atoms with van der Waals surface area (Å²) in [6.07, 6.45) is 1.37. The largest absolute Gasteiger partial charge is 0.506 e. The second-order valence-corrected chi connectivity index (χ2v) is 7.73. The molecule has 2 aromatic rings. The van der Waals surface area contributed by atoms with Gasteiger partial charge in [-0.3, -0.25) is 4.79 Å². The van der Waals surface area contributed by atoms with Gasteiger partial charge in [-0.1, -0.05) is 23.2 Å². The van der Waals surface area contributed by atoms with Crippen molar-refractivity contribution in [1.29, 1.82) is 0 Å². The number of amides is 1. The molecule has 0 saturated carbocycles. The standard InChI is InChI=1S/C15H10Cl2I2N2O3/c16-9-1-2-13(11(17)4-9)24-7-14(22)21-20-6-8-3-10(18)5-12(19)15(8)23/h1-6,23H,7H2,(H,21,22)/b20-6-. The first-order chi connectivity index (χ1) is 11.4. The maximum absolute atomic E-state index is 11.7. The van der Waals surface area contributed by atoms with Gasteiger partial charge in [-0.05, 0) is 75.5 Å². The van der Waals surface area contributed by atoms with Crippen LogP contribution in [0, 0.1) is 7.14 Å². The van der Waals surface area contributed by atoms with E-state index in [9.17, 15) is 9.90 Å². The minimum absolute atomic E-state index is 0.109. The fourth-order valence-electron chi connectivity index (χ4n) is 1.63. The Balaban J connectivity index is 1.91. The van der Waals surface area contributed by atoms with Crippen molar-refractivity contribution in [2.75, 3.05) is 6.61 Å². The Morgan fingerprint density at radius 1 is 1.29 bits per heavy atom. The topological polar surface area (TPSA) is 70.9 Å². The van der Waals surface area contributed by atoms with E-state index in [4.69, 9.17) is 27.9 Å². The highest BCUT2D eigenvalue weighted by molar-refractivity contribution is 14.1. The Kier molecular flexibility index (Phi) is 7.38. The molecule has 0 saturated heterocycles. The van der Waals surface area contributed by atoms with Gasteiger partial charge in [0.1, 0.15) is 11.5 Å². The number of hydrazone groups is 1. The van der Waals surface area contributed by atoms with Gasteiger partial charge in [0.05, 0.1) is 14.8 Å². The van der Waals surface area contributed by atoms with Gasteiger partial charge in [0, 0.05) is 14.2 Å². The molecule has 0 unspecified atom stereocenters. The van der Waals surface area contributed by atoms with Gasteiger partial charge in [0.15, 0.2) is 6.61 Å². The fraction of sp³-hybridized carbons (Fsp3) is 0.0667. The monoisotopic (exact) mass is 590 g/mol. The van der Waals surface area contributed by atoms with Crippen LogP contribution in [0.15, 0.2) is 35.4 Å². The van der Waals surface area contributed by atoms with Crippen molar-refractivity contribution in [3.63, 3.8) is 0 Å². The SMILES string of the molecule is O=C(COc1ccc(Cl)cc1Cl)N/N=C\c1cc(I)cc(I)c1O. The molecule has 2 N–H and O–H groups in total. The maximum atomic E-state index is 11.7. The average Bonchev–Trinajstić information content (AvgIpc) is 2.51. The molecule has 0 aliphatic heterocycles. The van der Waals surface area contributed by atoms with Crippen LogP contribution in [0.3, 0.4) is 0 Å². The molecule has 0 atom stereocenters. The summed E-state index contributed by atoms with van der Waals surface area (Å²) < 4.78 is 6.94. The van der Waals surface area contributed by atoms with Crippen molar-refractivity contribution in [3.8, 4) is 11.5 Å². The minimum atomic E-state index is -0.461. The summed E-state index contributed by atoms with van der Waals surface area (Å²) in [6.45, 7) is -0.255. The van der Waals surface area contributed by atoms with Crippen LogP contribution < -0.4 is 10.2 Å². The third-order valence-corrected chi connectivity index (χ3v) is 4.68. The lowest BCUT2D eigenvalue weighted by molar-refractivity contribution is -0.123. The van der Waals surface area contributed by atoms with E-state index < -0.39 is 5.91 Å². The van der Waals surface area contributed by atoms with Crippen molar-refractivity contribution in [2.24, 2.45) is 5.10 Å². The predicted molar refractivity (Wildman–Crippen MR) is 111 cm³/mol. The maximum Gasteiger partial charge on any atom is 0.277 e. The molecule has 1 amide bonds. The number of hydrogen-bond donors (Lipinski definition) is 2. The summed E-state index contributed by atoms with van der Waals surface area (Å²) >= 11 is 15.9. The molecular weight excluding hydrogens is 581 g/mol. The molecule has 126 valence electrons. The number of rotatable bonds is 5. The number of carbonyl (C=O) groups is 1. The van der Waals surface area contributed by atoms with Crippen molar-refractivity contribution in [2.45, 2.75) is 0 Å². The third kappa shape index (κ3) is 5.64. The van der Waals surface area contributed by atoms with E-state index in [1.807, 2.05) is 28.7 Å². The zero-order chi connectivity index (χ0) is 17.7. The van der Waals surface area contributed by atoms with E-state index in [1.165, 1.54) is 12.3 Å². The van der Waals surface area contributed by atoms with Crippen molar-refractivity contribution in [1.82, 2.24) is 5.43 Å². The summed E-state index contributed by atoms with van der Waals surface area (Å²) in [5.74, 6) is 0.000278. The Morgan fingerprint density at radius 3 is 2.75 bits per heavy atom. The smallest absolute Gasteiger partial charge is 0.277 e. The Morgan fingerprint density at radius 2 is 2.04 bits per heavy atom. The van der Waals surface area contributed by atoms with Crippen LogP contribution in [0.1, 0.15) is 5.56 Å². The lowest BCUT2D eigenvalue weighted by atomic mass is 10.2. The number of nitrogens with one attached hydrogen (secondary N) is 1. The number of phenolic OH excluding ortho intramolecular Hbond substituents is 1. The molecule has 2 aromatic carbocycles. The normalized spacial score (nSPS) is 10.8. The van der Waals surface area contributed by atoms with Crippen LogP contribution in [0.5, 0.6) is 11.5 Å². The molecule has 0 radical (unpaired) electrons. The second-order valence-electron chi connectivity index (χ2n) is 4.48. The van der Waals surface area contributed by atoms with E-state index in [2.05, 4.69) is 33.1 Å². The van der Waals surface area contributed by atoms with Gasteiger partial charge >= 0.3 is 0 Å². The lowest BCUT2D eigenvalue weighted by Crippen LogP contribution is -2.24. The van der Waals surface area contributed by atoms with Gasteiger partial charge in [-0.2, -0.15) is 5.10 Å². The first kappa shape index (κ1) is 19.5. The van der Waals surface area contributed by atoms with Gasteiger partial charge in [0.25, 0.3) is 5.91 Å². The third-order valence-electron chi connectivity index (χ3n) is 2.70. The number of ether oxygens (including phenoxy) is 1. The van der Waals surface area contributed by atoms with Crippen molar-refractivity contribution in [3.05, 3.63) is 53.1 Å². The Bertz CT molecular complexity index is 801. The molecular formula is C15H10Cl2I2N2O3. The average molecular weight is 591 g/mol. The molecule has 0 heterocycles. The Hall–Kier alpha value is -0.780. The van der Waals surface area contributed by atoms with Gasteiger partial charge in [0.2, 0.25) is 0 Å². The van der Waals surface area contributed by atoms with Crippen LogP contribution in [0.2, 0.25) is 10.0 Å². The first-order valence-electron chi connectivity index (χ1n) is 6.44. The van der Waals surface area contributed by atoms with E-state index in [0.29, 0.717) is 24.9 Å². The van der Waals surface area contributed by atoms with E-state index in [0.717, 1.165) is 3.57 Å². The number of phenols is 1. The minimum Gasteiger partial charge on any atom is -0.506 e. The highest BCUT2D eigenvalue weighted by atomic mass is 127. The quantitative estimate of drug-likeness (QED) is 0.307. The Labute approximate surface area is 175 Å².